The van der Waals surface area contributed by atoms with Gasteiger partial charge in [-0.25, -0.2) is 0 Å². The van der Waals surface area contributed by atoms with Crippen molar-refractivity contribution in [1.82, 2.24) is 9.80 Å². The minimum absolute atomic E-state index is 0.0383. The summed E-state index contributed by atoms with van der Waals surface area (Å²) in [5, 5.41) is 0. The van der Waals surface area contributed by atoms with Gasteiger partial charge < -0.3 is 4.90 Å². The van der Waals surface area contributed by atoms with Crippen molar-refractivity contribution in [2.24, 2.45) is 0 Å². The molecule has 1 unspecified atom stereocenters. The zero-order chi connectivity index (χ0) is 13.8. The highest BCUT2D eigenvalue weighted by molar-refractivity contribution is 5.88. The molecule has 1 heterocycles. The van der Waals surface area contributed by atoms with Gasteiger partial charge in [0.05, 0.1) is 12.6 Å². The topological polar surface area (TPSA) is 40.6 Å². The van der Waals surface area contributed by atoms with Gasteiger partial charge in [-0.05, 0) is 26.0 Å². The zero-order valence-electron chi connectivity index (χ0n) is 11.5. The third-order valence-corrected chi connectivity index (χ3v) is 3.54. The van der Waals surface area contributed by atoms with Crippen LogP contribution in [0, 0.1) is 0 Å². The van der Waals surface area contributed by atoms with Crippen molar-refractivity contribution in [3.8, 4) is 0 Å². The molecule has 0 bridgehead atoms. The van der Waals surface area contributed by atoms with Crippen LogP contribution in [0.1, 0.15) is 12.5 Å². The summed E-state index contributed by atoms with van der Waals surface area (Å²) < 4.78 is 0. The van der Waals surface area contributed by atoms with Crippen molar-refractivity contribution in [3.63, 3.8) is 0 Å². The first-order valence-corrected chi connectivity index (χ1v) is 6.60. The molecule has 0 spiro atoms. The number of amides is 1. The summed E-state index contributed by atoms with van der Waals surface area (Å²) in [5.41, 5.74) is 1.15. The monoisotopic (exact) mass is 260 g/mol. The molecule has 1 amide bonds. The molecule has 0 saturated carbocycles. The van der Waals surface area contributed by atoms with Crippen LogP contribution in [-0.4, -0.2) is 54.2 Å². The van der Waals surface area contributed by atoms with E-state index in [0.29, 0.717) is 13.0 Å². The summed E-state index contributed by atoms with van der Waals surface area (Å²) in [7, 11) is 1.97. The Morgan fingerprint density at radius 1 is 1.26 bits per heavy atom. The molecule has 0 radical (unpaired) electrons. The van der Waals surface area contributed by atoms with Gasteiger partial charge in [0, 0.05) is 13.1 Å². The summed E-state index contributed by atoms with van der Waals surface area (Å²) in [5.74, 6) is 0.101. The molecule has 0 aromatic heterocycles. The van der Waals surface area contributed by atoms with Gasteiger partial charge in [0.2, 0.25) is 5.91 Å². The van der Waals surface area contributed by atoms with E-state index in [1.807, 2.05) is 37.4 Å². The average Bonchev–Trinajstić information content (AvgIpc) is 2.39. The molecule has 0 aliphatic carbocycles. The minimum Gasteiger partial charge on any atom is -0.333 e. The van der Waals surface area contributed by atoms with Crippen molar-refractivity contribution in [1.29, 1.82) is 0 Å². The number of hydrogen-bond acceptors (Lipinski definition) is 3. The van der Waals surface area contributed by atoms with Crippen LogP contribution in [0.25, 0.3) is 0 Å². The molecule has 1 aromatic carbocycles. The van der Waals surface area contributed by atoms with E-state index in [1.54, 1.807) is 4.90 Å². The van der Waals surface area contributed by atoms with E-state index < -0.39 is 0 Å². The molecule has 1 aliphatic heterocycles. The standard InChI is InChI=1S/C15H20N2O2/c1-12(18)11-17-9-8-16(2)14(15(17)19)10-13-6-4-3-5-7-13/h3-7,14H,8-11H2,1-2H3. The van der Waals surface area contributed by atoms with E-state index in [4.69, 9.17) is 0 Å². The van der Waals surface area contributed by atoms with Gasteiger partial charge in [-0.1, -0.05) is 30.3 Å². The Labute approximate surface area is 114 Å². The predicted molar refractivity (Wildman–Crippen MR) is 73.8 cm³/mol. The highest BCUT2D eigenvalue weighted by Gasteiger charge is 2.32. The molecule has 102 valence electrons. The molecule has 2 rings (SSSR count). The van der Waals surface area contributed by atoms with Crippen LogP contribution in [0.4, 0.5) is 0 Å². The summed E-state index contributed by atoms with van der Waals surface area (Å²) in [4.78, 5) is 27.4. The highest BCUT2D eigenvalue weighted by Crippen LogP contribution is 2.14. The summed E-state index contributed by atoms with van der Waals surface area (Å²) in [6.07, 6.45) is 0.699. The molecule has 4 heteroatoms. The summed E-state index contributed by atoms with van der Waals surface area (Å²) in [6.45, 7) is 3.21. The number of benzene rings is 1. The Bertz CT molecular complexity index is 458. The normalized spacial score (nSPS) is 20.6. The molecule has 1 aromatic rings. The minimum atomic E-state index is -0.157. The largest absolute Gasteiger partial charge is 0.333 e. The van der Waals surface area contributed by atoms with Gasteiger partial charge in [0.1, 0.15) is 5.78 Å². The highest BCUT2D eigenvalue weighted by atomic mass is 16.2. The van der Waals surface area contributed by atoms with Gasteiger partial charge in [-0.3, -0.25) is 14.5 Å². The SMILES string of the molecule is CC(=O)CN1CCN(C)C(Cc2ccccc2)C1=O. The van der Waals surface area contributed by atoms with E-state index in [1.165, 1.54) is 6.92 Å². The first-order chi connectivity index (χ1) is 9.08. The van der Waals surface area contributed by atoms with Crippen LogP contribution in [0.2, 0.25) is 0 Å². The van der Waals surface area contributed by atoms with Gasteiger partial charge in [-0.2, -0.15) is 0 Å². The number of ketones is 1. The van der Waals surface area contributed by atoms with Crippen molar-refractivity contribution in [2.75, 3.05) is 26.7 Å². The lowest BCUT2D eigenvalue weighted by molar-refractivity contribution is -0.143. The third kappa shape index (κ3) is 3.41. The number of carbonyl (C=O) groups excluding carboxylic acids is 2. The maximum atomic E-state index is 12.4. The van der Waals surface area contributed by atoms with Crippen LogP contribution in [0.3, 0.4) is 0 Å². The molecule has 4 nitrogen and oxygen atoms in total. The molecular weight excluding hydrogens is 240 g/mol. The van der Waals surface area contributed by atoms with Crippen LogP contribution >= 0.6 is 0 Å². The lowest BCUT2D eigenvalue weighted by Crippen LogP contribution is -2.57. The van der Waals surface area contributed by atoms with Gasteiger partial charge in [-0.15, -0.1) is 0 Å². The number of hydrogen-bond donors (Lipinski definition) is 0. The quantitative estimate of drug-likeness (QED) is 0.809. The number of piperazine rings is 1. The van der Waals surface area contributed by atoms with Crippen LogP contribution in [0.5, 0.6) is 0 Å². The lowest BCUT2D eigenvalue weighted by atomic mass is 10.0. The molecule has 1 atom stereocenters. The fourth-order valence-corrected chi connectivity index (χ4v) is 2.45. The second-order valence-electron chi connectivity index (χ2n) is 5.15. The van der Waals surface area contributed by atoms with Crippen LogP contribution < -0.4 is 0 Å². The number of Topliss-reactive ketones (excluding diaryl/α,β-unsaturated/α-hetero) is 1. The van der Waals surface area contributed by atoms with Crippen molar-refractivity contribution in [2.45, 2.75) is 19.4 Å². The Morgan fingerprint density at radius 2 is 1.95 bits per heavy atom. The Hall–Kier alpha value is -1.68. The maximum absolute atomic E-state index is 12.4. The predicted octanol–water partition coefficient (Wildman–Crippen LogP) is 0.961. The first-order valence-electron chi connectivity index (χ1n) is 6.60. The fourth-order valence-electron chi connectivity index (χ4n) is 2.45. The molecular formula is C15H20N2O2. The average molecular weight is 260 g/mol. The van der Waals surface area contributed by atoms with Gasteiger partial charge in [0.15, 0.2) is 0 Å². The van der Waals surface area contributed by atoms with Crippen LogP contribution in [-0.2, 0) is 16.0 Å². The van der Waals surface area contributed by atoms with Crippen molar-refractivity contribution < 1.29 is 9.59 Å². The second-order valence-corrected chi connectivity index (χ2v) is 5.15. The molecule has 1 saturated heterocycles. The summed E-state index contributed by atoms with van der Waals surface area (Å²) >= 11 is 0. The Kier molecular flexibility index (Phi) is 4.32. The van der Waals surface area contributed by atoms with Gasteiger partial charge in [0.25, 0.3) is 0 Å². The molecule has 1 aliphatic rings. The van der Waals surface area contributed by atoms with E-state index >= 15 is 0 Å². The number of nitrogens with zero attached hydrogens (tertiary/aromatic N) is 2. The summed E-state index contributed by atoms with van der Waals surface area (Å²) in [6, 6.07) is 9.84. The lowest BCUT2D eigenvalue weighted by Gasteiger charge is -2.38. The van der Waals surface area contributed by atoms with E-state index in [2.05, 4.69) is 4.90 Å². The second kappa shape index (κ2) is 5.97. The Balaban J connectivity index is 2.08. The van der Waals surface area contributed by atoms with E-state index in [-0.39, 0.29) is 24.3 Å². The fraction of sp³-hybridized carbons (Fsp3) is 0.467. The number of rotatable bonds is 4. The Morgan fingerprint density at radius 3 is 2.58 bits per heavy atom. The van der Waals surface area contributed by atoms with Crippen LogP contribution in [0.15, 0.2) is 30.3 Å². The number of likely N-dealkylation sites (N-methyl/N-ethyl adjacent to an activating group) is 1. The molecule has 19 heavy (non-hydrogen) atoms. The first kappa shape index (κ1) is 13.7. The van der Waals surface area contributed by atoms with Gasteiger partial charge >= 0.3 is 0 Å². The zero-order valence-corrected chi connectivity index (χ0v) is 11.5. The number of carbonyl (C=O) groups is 2. The molecule has 1 fully saturated rings. The smallest absolute Gasteiger partial charge is 0.240 e. The third-order valence-electron chi connectivity index (χ3n) is 3.54. The molecule has 0 N–H and O–H groups in total. The van der Waals surface area contributed by atoms with E-state index in [0.717, 1.165) is 12.1 Å². The van der Waals surface area contributed by atoms with Crippen molar-refractivity contribution >= 4 is 11.7 Å². The maximum Gasteiger partial charge on any atom is 0.240 e. The van der Waals surface area contributed by atoms with Crippen molar-refractivity contribution in [3.05, 3.63) is 35.9 Å². The van der Waals surface area contributed by atoms with E-state index in [9.17, 15) is 9.59 Å².